The smallest absolute Gasteiger partial charge is 0.0491 e. The Bertz CT molecular complexity index is 417. The first-order valence-corrected chi connectivity index (χ1v) is 7.69. The Balaban J connectivity index is 2.14. The molecule has 0 radical (unpaired) electrons. The number of aryl methyl sites for hydroxylation is 1. The fourth-order valence-electron chi connectivity index (χ4n) is 2.71. The van der Waals surface area contributed by atoms with Crippen LogP contribution in [0.4, 0.5) is 11.4 Å². The van der Waals surface area contributed by atoms with Gasteiger partial charge in [0.05, 0.1) is 0 Å². The molecule has 1 aliphatic rings. The second kappa shape index (κ2) is 5.96. The summed E-state index contributed by atoms with van der Waals surface area (Å²) in [6, 6.07) is 4.74. The van der Waals surface area contributed by atoms with Gasteiger partial charge < -0.3 is 11.1 Å². The molecule has 0 spiro atoms. The van der Waals surface area contributed by atoms with Crippen molar-refractivity contribution in [3.8, 4) is 0 Å². The van der Waals surface area contributed by atoms with Crippen LogP contribution < -0.4 is 11.1 Å². The van der Waals surface area contributed by atoms with Crippen molar-refractivity contribution in [1.82, 2.24) is 0 Å². The molecule has 2 atom stereocenters. The van der Waals surface area contributed by atoms with Gasteiger partial charge in [-0.1, -0.05) is 26.2 Å². The zero-order valence-electron chi connectivity index (χ0n) is 11.3. The van der Waals surface area contributed by atoms with Gasteiger partial charge in [0, 0.05) is 21.9 Å². The molecule has 3 N–H and O–H groups in total. The predicted octanol–water partition coefficient (Wildman–Crippen LogP) is 4.72. The van der Waals surface area contributed by atoms with Crippen molar-refractivity contribution in [3.63, 3.8) is 0 Å². The second-order valence-electron chi connectivity index (χ2n) is 5.55. The van der Waals surface area contributed by atoms with E-state index in [9.17, 15) is 0 Å². The molecule has 0 aliphatic heterocycles. The van der Waals surface area contributed by atoms with Crippen molar-refractivity contribution < 1.29 is 0 Å². The third-order valence-corrected chi connectivity index (χ3v) is 4.71. The van der Waals surface area contributed by atoms with Gasteiger partial charge in [-0.15, -0.1) is 0 Å². The van der Waals surface area contributed by atoms with E-state index in [4.69, 9.17) is 5.73 Å². The highest BCUT2D eigenvalue weighted by atomic mass is 79.9. The summed E-state index contributed by atoms with van der Waals surface area (Å²) >= 11 is 3.61. The second-order valence-corrected chi connectivity index (χ2v) is 6.41. The van der Waals surface area contributed by atoms with E-state index in [2.05, 4.69) is 41.2 Å². The summed E-state index contributed by atoms with van der Waals surface area (Å²) in [4.78, 5) is 0. The zero-order chi connectivity index (χ0) is 13.1. The standard InChI is InChI=1S/C15H23BrN2/c1-10-6-4-3-5-7-14(10)18-15-8-11(2)13(17)9-12(15)16/h8-10,14,18H,3-7,17H2,1-2H3. The van der Waals surface area contributed by atoms with E-state index in [1.54, 1.807) is 0 Å². The molecule has 1 saturated carbocycles. The summed E-state index contributed by atoms with van der Waals surface area (Å²) in [5, 5.41) is 3.70. The molecule has 0 aromatic heterocycles. The number of nitrogens with two attached hydrogens (primary N) is 1. The van der Waals surface area contributed by atoms with Crippen LogP contribution >= 0.6 is 15.9 Å². The van der Waals surface area contributed by atoms with Gasteiger partial charge in [0.2, 0.25) is 0 Å². The first-order valence-electron chi connectivity index (χ1n) is 6.90. The quantitative estimate of drug-likeness (QED) is 0.612. The molecular weight excluding hydrogens is 288 g/mol. The predicted molar refractivity (Wildman–Crippen MR) is 83.0 cm³/mol. The number of nitrogen functional groups attached to an aromatic ring is 1. The van der Waals surface area contributed by atoms with E-state index in [1.165, 1.54) is 37.8 Å². The highest BCUT2D eigenvalue weighted by Gasteiger charge is 2.20. The molecule has 0 amide bonds. The molecule has 2 unspecified atom stereocenters. The van der Waals surface area contributed by atoms with Crippen molar-refractivity contribution in [2.75, 3.05) is 11.1 Å². The summed E-state index contributed by atoms with van der Waals surface area (Å²) in [7, 11) is 0. The first kappa shape index (κ1) is 13.7. The maximum absolute atomic E-state index is 5.92. The maximum atomic E-state index is 5.92. The molecular formula is C15H23BrN2. The van der Waals surface area contributed by atoms with E-state index >= 15 is 0 Å². The Kier molecular flexibility index (Phi) is 4.55. The Hall–Kier alpha value is -0.700. The van der Waals surface area contributed by atoms with Crippen LogP contribution in [0.2, 0.25) is 0 Å². The molecule has 0 heterocycles. The van der Waals surface area contributed by atoms with Crippen molar-refractivity contribution in [2.45, 2.75) is 52.0 Å². The fraction of sp³-hybridized carbons (Fsp3) is 0.600. The average molecular weight is 311 g/mol. The van der Waals surface area contributed by atoms with Crippen LogP contribution in [0.3, 0.4) is 0 Å². The number of benzene rings is 1. The SMILES string of the molecule is Cc1cc(NC2CCCCCC2C)c(Br)cc1N. The van der Waals surface area contributed by atoms with Crippen molar-refractivity contribution in [2.24, 2.45) is 5.92 Å². The number of anilines is 2. The Morgan fingerprint density at radius 2 is 1.94 bits per heavy atom. The van der Waals surface area contributed by atoms with Crippen LogP contribution in [0.1, 0.15) is 44.6 Å². The van der Waals surface area contributed by atoms with Gasteiger partial charge in [-0.05, 0) is 59.3 Å². The van der Waals surface area contributed by atoms with Crippen LogP contribution in [0.15, 0.2) is 16.6 Å². The summed E-state index contributed by atoms with van der Waals surface area (Å²) in [5.74, 6) is 0.747. The highest BCUT2D eigenvalue weighted by Crippen LogP contribution is 2.31. The molecule has 3 heteroatoms. The molecule has 1 aromatic carbocycles. The lowest BCUT2D eigenvalue weighted by Crippen LogP contribution is -2.26. The minimum absolute atomic E-state index is 0.590. The molecule has 1 aliphatic carbocycles. The molecule has 2 nitrogen and oxygen atoms in total. The monoisotopic (exact) mass is 310 g/mol. The number of hydrogen-bond acceptors (Lipinski definition) is 2. The van der Waals surface area contributed by atoms with Crippen LogP contribution in [0, 0.1) is 12.8 Å². The van der Waals surface area contributed by atoms with E-state index in [0.717, 1.165) is 21.6 Å². The number of halogens is 1. The molecule has 1 aromatic rings. The summed E-state index contributed by atoms with van der Waals surface area (Å²) in [6.45, 7) is 4.42. The van der Waals surface area contributed by atoms with Gasteiger partial charge in [-0.25, -0.2) is 0 Å². The number of hydrogen-bond donors (Lipinski definition) is 2. The molecule has 0 saturated heterocycles. The summed E-state index contributed by atoms with van der Waals surface area (Å²) in [6.07, 6.45) is 6.71. The molecule has 100 valence electrons. The fourth-order valence-corrected chi connectivity index (χ4v) is 3.19. The zero-order valence-corrected chi connectivity index (χ0v) is 12.9. The summed E-state index contributed by atoms with van der Waals surface area (Å²) in [5.41, 5.74) is 9.09. The average Bonchev–Trinajstić information content (AvgIpc) is 2.52. The minimum Gasteiger partial charge on any atom is -0.398 e. The Labute approximate surface area is 118 Å². The third kappa shape index (κ3) is 3.19. The molecule has 18 heavy (non-hydrogen) atoms. The topological polar surface area (TPSA) is 38.0 Å². The van der Waals surface area contributed by atoms with Crippen LogP contribution in [-0.2, 0) is 0 Å². The van der Waals surface area contributed by atoms with E-state index in [1.807, 2.05) is 6.07 Å². The molecule has 2 rings (SSSR count). The largest absolute Gasteiger partial charge is 0.398 e. The van der Waals surface area contributed by atoms with E-state index in [-0.39, 0.29) is 0 Å². The van der Waals surface area contributed by atoms with Gasteiger partial charge in [0.15, 0.2) is 0 Å². The van der Waals surface area contributed by atoms with Gasteiger partial charge in [-0.3, -0.25) is 0 Å². The Morgan fingerprint density at radius 1 is 1.22 bits per heavy atom. The van der Waals surface area contributed by atoms with E-state index < -0.39 is 0 Å². The maximum Gasteiger partial charge on any atom is 0.0491 e. The van der Waals surface area contributed by atoms with Gasteiger partial charge >= 0.3 is 0 Å². The van der Waals surface area contributed by atoms with Gasteiger partial charge in [0.1, 0.15) is 0 Å². The van der Waals surface area contributed by atoms with Crippen molar-refractivity contribution >= 4 is 27.3 Å². The van der Waals surface area contributed by atoms with Crippen LogP contribution in [0.25, 0.3) is 0 Å². The van der Waals surface area contributed by atoms with Crippen LogP contribution in [0.5, 0.6) is 0 Å². The lowest BCUT2D eigenvalue weighted by atomic mass is 9.96. The number of nitrogens with one attached hydrogen (secondary N) is 1. The summed E-state index contributed by atoms with van der Waals surface area (Å²) < 4.78 is 1.07. The molecule has 1 fully saturated rings. The van der Waals surface area contributed by atoms with Crippen molar-refractivity contribution in [3.05, 3.63) is 22.2 Å². The van der Waals surface area contributed by atoms with Crippen LogP contribution in [-0.4, -0.2) is 6.04 Å². The number of rotatable bonds is 2. The van der Waals surface area contributed by atoms with Crippen molar-refractivity contribution in [1.29, 1.82) is 0 Å². The Morgan fingerprint density at radius 3 is 2.72 bits per heavy atom. The first-order chi connectivity index (χ1) is 8.58. The minimum atomic E-state index is 0.590. The normalized spacial score (nSPS) is 24.6. The van der Waals surface area contributed by atoms with Gasteiger partial charge in [0.25, 0.3) is 0 Å². The lowest BCUT2D eigenvalue weighted by Gasteiger charge is -2.25. The van der Waals surface area contributed by atoms with Gasteiger partial charge in [-0.2, -0.15) is 0 Å². The van der Waals surface area contributed by atoms with E-state index in [0.29, 0.717) is 6.04 Å². The third-order valence-electron chi connectivity index (χ3n) is 4.06. The lowest BCUT2D eigenvalue weighted by molar-refractivity contribution is 0.456. The highest BCUT2D eigenvalue weighted by molar-refractivity contribution is 9.10. The molecule has 0 bridgehead atoms.